The Labute approximate surface area is 95.4 Å². The molecule has 4 nitrogen and oxygen atoms in total. The van der Waals surface area contributed by atoms with Crippen LogP contribution in [-0.4, -0.2) is 25.5 Å². The van der Waals surface area contributed by atoms with Gasteiger partial charge in [-0.25, -0.2) is 0 Å². The van der Waals surface area contributed by atoms with E-state index < -0.39 is 0 Å². The molecule has 1 saturated heterocycles. The minimum Gasteiger partial charge on any atom is -0.326 e. The van der Waals surface area contributed by atoms with Crippen LogP contribution in [0.1, 0.15) is 12.0 Å². The molecule has 2 rings (SSSR count). The topological polar surface area (TPSA) is 58.4 Å². The van der Waals surface area contributed by atoms with Gasteiger partial charge in [0.05, 0.1) is 0 Å². The summed E-state index contributed by atoms with van der Waals surface area (Å²) in [6.45, 7) is 1.43. The Kier molecular flexibility index (Phi) is 3.22. The Hall–Kier alpha value is -1.39. The summed E-state index contributed by atoms with van der Waals surface area (Å²) in [7, 11) is 1.91. The zero-order chi connectivity index (χ0) is 11.5. The van der Waals surface area contributed by atoms with E-state index in [2.05, 4.69) is 5.32 Å². The normalized spacial score (nSPS) is 20.5. The van der Waals surface area contributed by atoms with Crippen LogP contribution < -0.4 is 16.0 Å². The zero-order valence-corrected chi connectivity index (χ0v) is 9.44. The number of amides is 1. The van der Waals surface area contributed by atoms with Gasteiger partial charge < -0.3 is 16.0 Å². The van der Waals surface area contributed by atoms with Crippen LogP contribution in [0, 0.1) is 0 Å². The highest BCUT2D eigenvalue weighted by atomic mass is 16.2. The van der Waals surface area contributed by atoms with E-state index in [1.165, 1.54) is 5.56 Å². The van der Waals surface area contributed by atoms with E-state index in [1.807, 2.05) is 31.3 Å². The van der Waals surface area contributed by atoms with Crippen LogP contribution in [0.5, 0.6) is 0 Å². The standard InChI is InChI=1S/C12H17N3O/c1-14-7-9-3-2-4-11(5-9)15-8-10(13)6-12(15)16/h2-5,10,14H,6-8,13H2,1H3. The van der Waals surface area contributed by atoms with Crippen molar-refractivity contribution in [2.24, 2.45) is 5.73 Å². The molecule has 1 heterocycles. The second-order valence-corrected chi connectivity index (χ2v) is 4.17. The molecule has 0 spiro atoms. The van der Waals surface area contributed by atoms with E-state index >= 15 is 0 Å². The first-order valence-corrected chi connectivity index (χ1v) is 5.50. The summed E-state index contributed by atoms with van der Waals surface area (Å²) < 4.78 is 0. The number of hydrogen-bond donors (Lipinski definition) is 2. The van der Waals surface area contributed by atoms with Crippen molar-refractivity contribution in [2.45, 2.75) is 19.0 Å². The van der Waals surface area contributed by atoms with Gasteiger partial charge in [-0.05, 0) is 24.7 Å². The van der Waals surface area contributed by atoms with Crippen molar-refractivity contribution >= 4 is 11.6 Å². The number of nitrogens with zero attached hydrogens (tertiary/aromatic N) is 1. The average molecular weight is 219 g/mol. The molecular formula is C12H17N3O. The van der Waals surface area contributed by atoms with Crippen LogP contribution in [0.2, 0.25) is 0 Å². The quantitative estimate of drug-likeness (QED) is 0.777. The first kappa shape index (κ1) is 11.1. The highest BCUT2D eigenvalue weighted by Crippen LogP contribution is 2.21. The summed E-state index contributed by atoms with van der Waals surface area (Å²) in [5.74, 6) is 0.120. The lowest BCUT2D eigenvalue weighted by molar-refractivity contribution is -0.117. The third-order valence-corrected chi connectivity index (χ3v) is 2.76. The van der Waals surface area contributed by atoms with Gasteiger partial charge in [0, 0.05) is 31.2 Å². The Morgan fingerprint density at radius 2 is 2.38 bits per heavy atom. The van der Waals surface area contributed by atoms with Crippen LogP contribution in [0.3, 0.4) is 0 Å². The number of nitrogens with two attached hydrogens (primary N) is 1. The second-order valence-electron chi connectivity index (χ2n) is 4.17. The maximum atomic E-state index is 11.7. The van der Waals surface area contributed by atoms with Crippen molar-refractivity contribution in [3.05, 3.63) is 29.8 Å². The molecular weight excluding hydrogens is 202 g/mol. The van der Waals surface area contributed by atoms with E-state index in [9.17, 15) is 4.79 Å². The van der Waals surface area contributed by atoms with E-state index in [1.54, 1.807) is 4.90 Å². The molecule has 1 fully saturated rings. The fourth-order valence-corrected chi connectivity index (χ4v) is 2.02. The molecule has 16 heavy (non-hydrogen) atoms. The summed E-state index contributed by atoms with van der Waals surface area (Å²) in [5.41, 5.74) is 7.90. The summed E-state index contributed by atoms with van der Waals surface area (Å²) in [4.78, 5) is 13.5. The van der Waals surface area contributed by atoms with Crippen molar-refractivity contribution < 1.29 is 4.79 Å². The predicted octanol–water partition coefficient (Wildman–Crippen LogP) is 0.470. The number of benzene rings is 1. The van der Waals surface area contributed by atoms with Gasteiger partial charge in [0.2, 0.25) is 5.91 Å². The molecule has 1 aromatic carbocycles. The Balaban J connectivity index is 2.20. The molecule has 0 aromatic heterocycles. The number of nitrogens with one attached hydrogen (secondary N) is 1. The summed E-state index contributed by atoms with van der Waals surface area (Å²) in [6.07, 6.45) is 0.455. The first-order valence-electron chi connectivity index (χ1n) is 5.50. The largest absolute Gasteiger partial charge is 0.326 e. The maximum Gasteiger partial charge on any atom is 0.228 e. The first-order chi connectivity index (χ1) is 7.70. The maximum absolute atomic E-state index is 11.7. The monoisotopic (exact) mass is 219 g/mol. The molecule has 0 aliphatic carbocycles. The molecule has 1 aliphatic rings. The molecule has 0 bridgehead atoms. The molecule has 4 heteroatoms. The van der Waals surface area contributed by atoms with Crippen LogP contribution >= 0.6 is 0 Å². The molecule has 1 aromatic rings. The SMILES string of the molecule is CNCc1cccc(N2CC(N)CC2=O)c1. The summed E-state index contributed by atoms with van der Waals surface area (Å²) in [6, 6.07) is 7.97. The van der Waals surface area contributed by atoms with E-state index in [0.717, 1.165) is 12.2 Å². The van der Waals surface area contributed by atoms with Gasteiger partial charge >= 0.3 is 0 Å². The van der Waals surface area contributed by atoms with Crippen LogP contribution in [0.4, 0.5) is 5.69 Å². The molecule has 1 aliphatic heterocycles. The highest BCUT2D eigenvalue weighted by Gasteiger charge is 2.27. The number of carbonyl (C=O) groups is 1. The lowest BCUT2D eigenvalue weighted by Crippen LogP contribution is -2.28. The molecule has 0 radical (unpaired) electrons. The van der Waals surface area contributed by atoms with E-state index in [0.29, 0.717) is 13.0 Å². The number of rotatable bonds is 3. The molecule has 86 valence electrons. The molecule has 1 unspecified atom stereocenters. The Morgan fingerprint density at radius 1 is 1.56 bits per heavy atom. The molecule has 0 saturated carbocycles. The Bertz CT molecular complexity index is 392. The van der Waals surface area contributed by atoms with Crippen molar-refractivity contribution in [1.29, 1.82) is 0 Å². The minimum absolute atomic E-state index is 0.0274. The fourth-order valence-electron chi connectivity index (χ4n) is 2.02. The van der Waals surface area contributed by atoms with Crippen LogP contribution in [0.25, 0.3) is 0 Å². The van der Waals surface area contributed by atoms with Gasteiger partial charge in [-0.1, -0.05) is 12.1 Å². The third kappa shape index (κ3) is 2.23. The zero-order valence-electron chi connectivity index (χ0n) is 9.44. The van der Waals surface area contributed by atoms with Crippen LogP contribution in [-0.2, 0) is 11.3 Å². The smallest absolute Gasteiger partial charge is 0.228 e. The number of hydrogen-bond acceptors (Lipinski definition) is 3. The van der Waals surface area contributed by atoms with Crippen molar-refractivity contribution in [3.8, 4) is 0 Å². The van der Waals surface area contributed by atoms with Gasteiger partial charge in [0.25, 0.3) is 0 Å². The third-order valence-electron chi connectivity index (χ3n) is 2.76. The van der Waals surface area contributed by atoms with Gasteiger partial charge in [-0.2, -0.15) is 0 Å². The van der Waals surface area contributed by atoms with Crippen molar-refractivity contribution in [2.75, 3.05) is 18.5 Å². The lowest BCUT2D eigenvalue weighted by Gasteiger charge is -2.17. The van der Waals surface area contributed by atoms with Gasteiger partial charge in [0.1, 0.15) is 0 Å². The fraction of sp³-hybridized carbons (Fsp3) is 0.417. The Morgan fingerprint density at radius 3 is 3.00 bits per heavy atom. The van der Waals surface area contributed by atoms with Gasteiger partial charge in [-0.3, -0.25) is 4.79 Å². The average Bonchev–Trinajstić information content (AvgIpc) is 2.59. The highest BCUT2D eigenvalue weighted by molar-refractivity contribution is 5.96. The number of anilines is 1. The molecule has 3 N–H and O–H groups in total. The van der Waals surface area contributed by atoms with Crippen LogP contribution in [0.15, 0.2) is 24.3 Å². The van der Waals surface area contributed by atoms with Gasteiger partial charge in [-0.15, -0.1) is 0 Å². The molecule has 1 atom stereocenters. The summed E-state index contributed by atoms with van der Waals surface area (Å²) in [5, 5.41) is 3.09. The predicted molar refractivity (Wildman–Crippen MR) is 64.2 cm³/mol. The van der Waals surface area contributed by atoms with Crippen molar-refractivity contribution in [3.63, 3.8) is 0 Å². The molecule has 1 amide bonds. The second kappa shape index (κ2) is 4.63. The van der Waals surface area contributed by atoms with E-state index in [-0.39, 0.29) is 11.9 Å². The van der Waals surface area contributed by atoms with Crippen molar-refractivity contribution in [1.82, 2.24) is 5.32 Å². The van der Waals surface area contributed by atoms with E-state index in [4.69, 9.17) is 5.73 Å². The van der Waals surface area contributed by atoms with Gasteiger partial charge in [0.15, 0.2) is 0 Å². The summed E-state index contributed by atoms with van der Waals surface area (Å²) >= 11 is 0. The lowest BCUT2D eigenvalue weighted by atomic mass is 10.2. The number of carbonyl (C=O) groups excluding carboxylic acids is 1. The minimum atomic E-state index is -0.0274.